The van der Waals surface area contributed by atoms with Gasteiger partial charge in [0.15, 0.2) is 0 Å². The molecule has 3 rings (SSSR count). The molecule has 0 aliphatic rings. The summed E-state index contributed by atoms with van der Waals surface area (Å²) in [6.45, 7) is 0. The Hall–Kier alpha value is -3.35. The van der Waals surface area contributed by atoms with Gasteiger partial charge in [0.05, 0.1) is 17.9 Å². The fraction of sp³-hybridized carbons (Fsp3) is 0. The fourth-order valence-electron chi connectivity index (χ4n) is 1.72. The average Bonchev–Trinajstić information content (AvgIpc) is 2.71. The van der Waals surface area contributed by atoms with Crippen LogP contribution in [0.25, 0.3) is 0 Å². The van der Waals surface area contributed by atoms with Crippen LogP contribution in [0.1, 0.15) is 31.1 Å². The van der Waals surface area contributed by atoms with Crippen molar-refractivity contribution >= 4 is 17.9 Å². The zero-order valence-corrected chi connectivity index (χ0v) is 16.0. The second-order valence-electron chi connectivity index (χ2n) is 4.96. The Morgan fingerprint density at radius 2 is 0.607 bits per heavy atom. The van der Waals surface area contributed by atoms with Crippen molar-refractivity contribution in [2.45, 2.75) is 0 Å². The van der Waals surface area contributed by atoms with E-state index in [-0.39, 0.29) is 35.2 Å². The van der Waals surface area contributed by atoms with Gasteiger partial charge in [-0.2, -0.15) is 0 Å². The van der Waals surface area contributed by atoms with Gasteiger partial charge in [0, 0.05) is 0 Å². The van der Waals surface area contributed by atoms with E-state index in [1.807, 2.05) is 0 Å². The first kappa shape index (κ1) is 24.7. The summed E-state index contributed by atoms with van der Waals surface area (Å²) in [5, 5.41) is 30.3. The molecule has 3 aromatic carbocycles. The van der Waals surface area contributed by atoms with Crippen molar-refractivity contribution in [3.63, 3.8) is 0 Å². The number of hydrogen-bond acceptors (Lipinski definition) is 6. The Bertz CT molecular complexity index is 734. The molecule has 0 spiro atoms. The van der Waals surface area contributed by atoms with E-state index in [1.54, 1.807) is 54.6 Å². The van der Waals surface area contributed by atoms with Crippen molar-refractivity contribution in [3.05, 3.63) is 108 Å². The van der Waals surface area contributed by atoms with Crippen molar-refractivity contribution in [1.29, 1.82) is 0 Å². The van der Waals surface area contributed by atoms with Crippen LogP contribution in [0.5, 0.6) is 0 Å². The third-order valence-electron chi connectivity index (χ3n) is 3.03. The van der Waals surface area contributed by atoms with Crippen molar-refractivity contribution < 1.29 is 48.3 Å². The molecule has 0 aliphatic carbocycles. The number of carboxylic acid groups (broad SMARTS) is 3. The van der Waals surface area contributed by atoms with E-state index < -0.39 is 17.9 Å². The van der Waals surface area contributed by atoms with Gasteiger partial charge in [0.1, 0.15) is 0 Å². The van der Waals surface area contributed by atoms with Crippen LogP contribution >= 0.6 is 0 Å². The number of rotatable bonds is 3. The summed E-state index contributed by atoms with van der Waals surface area (Å²) in [6.07, 6.45) is 0. The van der Waals surface area contributed by atoms with Gasteiger partial charge >= 0.3 is 18.6 Å². The van der Waals surface area contributed by atoms with E-state index in [1.165, 1.54) is 36.4 Å². The van der Waals surface area contributed by atoms with E-state index in [0.717, 1.165) is 0 Å². The summed E-state index contributed by atoms with van der Waals surface area (Å²) in [7, 11) is 0. The maximum absolute atomic E-state index is 10.1. The van der Waals surface area contributed by atoms with Gasteiger partial charge in [-0.3, -0.25) is 0 Å². The summed E-state index contributed by atoms with van der Waals surface area (Å²) in [5.41, 5.74) is 0.660. The molecule has 0 N–H and O–H groups in total. The molecule has 0 atom stereocenters. The third kappa shape index (κ3) is 9.96. The minimum Gasteiger partial charge on any atom is -0.545 e. The van der Waals surface area contributed by atoms with Gasteiger partial charge in [0.2, 0.25) is 0 Å². The number of carbonyl (C=O) groups excluding carboxylic acids is 3. The minimum absolute atomic E-state index is 0. The molecule has 3 aromatic rings. The Kier molecular flexibility index (Phi) is 12.2. The molecule has 7 heteroatoms. The Balaban J connectivity index is 0.000000384. The molecule has 0 amide bonds. The topological polar surface area (TPSA) is 120 Å². The molecule has 0 saturated heterocycles. The van der Waals surface area contributed by atoms with Crippen LogP contribution in [0.15, 0.2) is 91.0 Å². The first-order valence-corrected chi connectivity index (χ1v) is 7.71. The van der Waals surface area contributed by atoms with Crippen LogP contribution in [-0.2, 0) is 18.6 Å². The predicted octanol–water partition coefficient (Wildman–Crippen LogP) is 0.148. The summed E-state index contributed by atoms with van der Waals surface area (Å²) in [5.74, 6) is -3.39. The number of aromatic carboxylic acids is 3. The molecule has 0 bridgehead atoms. The Morgan fingerprint density at radius 1 is 0.429 bits per heavy atom. The van der Waals surface area contributed by atoms with E-state index >= 15 is 0 Å². The number of benzene rings is 3. The monoisotopic (exact) mass is 414 g/mol. The van der Waals surface area contributed by atoms with Crippen molar-refractivity contribution in [3.8, 4) is 0 Å². The van der Waals surface area contributed by atoms with E-state index in [4.69, 9.17) is 0 Å². The van der Waals surface area contributed by atoms with Crippen molar-refractivity contribution in [1.82, 2.24) is 0 Å². The van der Waals surface area contributed by atoms with Gasteiger partial charge < -0.3 is 29.7 Å². The molecule has 0 aliphatic heterocycles. The Morgan fingerprint density at radius 3 is 0.714 bits per heavy atom. The van der Waals surface area contributed by atoms with Crippen molar-refractivity contribution in [2.75, 3.05) is 0 Å². The van der Waals surface area contributed by atoms with Crippen LogP contribution in [0, 0.1) is 0 Å². The molecule has 6 nitrogen and oxygen atoms in total. The average molecular weight is 414 g/mol. The molecule has 0 heterocycles. The summed E-state index contributed by atoms with van der Waals surface area (Å²) < 4.78 is 0. The molecule has 0 unspecified atom stereocenters. The third-order valence-corrected chi connectivity index (χ3v) is 3.03. The maximum atomic E-state index is 10.1. The molecule has 140 valence electrons. The molecule has 0 saturated carbocycles. The maximum Gasteiger partial charge on any atom is 3.00 e. The minimum atomic E-state index is -1.13. The van der Waals surface area contributed by atoms with Crippen LogP contribution in [0.3, 0.4) is 0 Å². The smallest absolute Gasteiger partial charge is 0.545 e. The summed E-state index contributed by atoms with van der Waals surface area (Å²) in [4.78, 5) is 30.3. The summed E-state index contributed by atoms with van der Waals surface area (Å²) >= 11 is 0. The van der Waals surface area contributed by atoms with Crippen LogP contribution < -0.4 is 15.3 Å². The first-order chi connectivity index (χ1) is 12.9. The van der Waals surface area contributed by atoms with Gasteiger partial charge in [-0.1, -0.05) is 91.0 Å². The van der Waals surface area contributed by atoms with Crippen molar-refractivity contribution in [2.24, 2.45) is 0 Å². The number of carbonyl (C=O) groups is 3. The molecule has 0 radical (unpaired) electrons. The molecule has 0 fully saturated rings. The normalized spacial score (nSPS) is 8.57. The SMILES string of the molecule is O=C([O-])c1ccccc1.O=C([O-])c1ccccc1.O=C([O-])c1ccccc1.[V+3]. The second-order valence-corrected chi connectivity index (χ2v) is 4.96. The van der Waals surface area contributed by atoms with E-state index in [9.17, 15) is 29.7 Å². The van der Waals surface area contributed by atoms with Crippen LogP contribution in [-0.4, -0.2) is 17.9 Å². The number of hydrogen-bond donors (Lipinski definition) is 0. The molecule has 0 aromatic heterocycles. The largest absolute Gasteiger partial charge is 3.00 e. The van der Waals surface area contributed by atoms with Crippen LogP contribution in [0.2, 0.25) is 0 Å². The van der Waals surface area contributed by atoms with Gasteiger partial charge in [-0.05, 0) is 16.7 Å². The zero-order valence-electron chi connectivity index (χ0n) is 14.6. The van der Waals surface area contributed by atoms with Crippen LogP contribution in [0.4, 0.5) is 0 Å². The fourth-order valence-corrected chi connectivity index (χ4v) is 1.72. The quantitative estimate of drug-likeness (QED) is 0.602. The molecular formula is C21H15O6V. The Labute approximate surface area is 174 Å². The summed E-state index contributed by atoms with van der Waals surface area (Å²) in [6, 6.07) is 24.2. The number of carboxylic acids is 3. The van der Waals surface area contributed by atoms with Gasteiger partial charge in [-0.25, -0.2) is 0 Å². The standard InChI is InChI=1S/3C7H6O2.V/c3*8-7(9)6-4-2-1-3-5-6;/h3*1-5H,(H,8,9);/q;;;+3/p-3. The zero-order chi connectivity index (χ0) is 20.1. The van der Waals surface area contributed by atoms with E-state index in [2.05, 4.69) is 0 Å². The first-order valence-electron chi connectivity index (χ1n) is 7.71. The second kappa shape index (κ2) is 13.8. The molecule has 28 heavy (non-hydrogen) atoms. The van der Waals surface area contributed by atoms with Gasteiger partial charge in [0.25, 0.3) is 0 Å². The van der Waals surface area contributed by atoms with E-state index in [0.29, 0.717) is 0 Å². The van der Waals surface area contributed by atoms with Gasteiger partial charge in [-0.15, -0.1) is 0 Å². The predicted molar refractivity (Wildman–Crippen MR) is 92.3 cm³/mol. The molecular weight excluding hydrogens is 399 g/mol.